The molecule has 146 valence electrons. The van der Waals surface area contributed by atoms with Gasteiger partial charge in [0, 0.05) is 29.7 Å². The Bertz CT molecular complexity index is 1180. The molecule has 4 aromatic rings. The molecule has 1 aliphatic rings. The van der Waals surface area contributed by atoms with Crippen LogP contribution in [0.5, 0.6) is 11.5 Å². The number of amides is 1. The molecule has 8 nitrogen and oxygen atoms in total. The quantitative estimate of drug-likeness (QED) is 0.539. The molecular weight excluding hydrogens is 388 g/mol. The van der Waals surface area contributed by atoms with Gasteiger partial charge in [0.15, 0.2) is 10.8 Å². The number of benzene rings is 1. The predicted molar refractivity (Wildman–Crippen MR) is 111 cm³/mol. The number of nitrogens with zero attached hydrogens (tertiary/aromatic N) is 4. The van der Waals surface area contributed by atoms with E-state index < -0.39 is 0 Å². The number of aromatic amines is 1. The van der Waals surface area contributed by atoms with E-state index in [-0.39, 0.29) is 5.91 Å². The number of rotatable bonds is 4. The van der Waals surface area contributed by atoms with Crippen LogP contribution in [-0.2, 0) is 13.0 Å². The standard InChI is InChI=1S/C20H18N6O2S/c1-26-9-7-17-15(11-26)23-20(29-17)24-19(27)12-2-4-13(5-3-12)28-16-6-8-21-18-14(16)10-22-25-18/h2-6,8,10H,7,9,11H2,1H3,(H,21,22,25)(H,23,24,27). The molecule has 0 spiro atoms. The number of thiazole rings is 1. The Hall–Kier alpha value is -3.30. The summed E-state index contributed by atoms with van der Waals surface area (Å²) in [5.41, 5.74) is 2.27. The lowest BCUT2D eigenvalue weighted by Gasteiger charge is -2.20. The highest BCUT2D eigenvalue weighted by Crippen LogP contribution is 2.29. The SMILES string of the molecule is CN1CCc2sc(NC(=O)c3ccc(Oc4ccnc5[nH]ncc45)cc3)nc2C1. The average molecular weight is 406 g/mol. The summed E-state index contributed by atoms with van der Waals surface area (Å²) in [4.78, 5) is 24.8. The van der Waals surface area contributed by atoms with Gasteiger partial charge in [0.1, 0.15) is 11.5 Å². The molecule has 9 heteroatoms. The summed E-state index contributed by atoms with van der Waals surface area (Å²) in [6, 6.07) is 8.78. The molecule has 1 aromatic carbocycles. The van der Waals surface area contributed by atoms with Gasteiger partial charge in [-0.1, -0.05) is 0 Å². The first-order valence-corrected chi connectivity index (χ1v) is 10.0. The number of H-pyrrole nitrogens is 1. The number of carbonyl (C=O) groups is 1. The second-order valence-corrected chi connectivity index (χ2v) is 7.98. The largest absolute Gasteiger partial charge is 0.456 e. The van der Waals surface area contributed by atoms with Crippen LogP contribution in [0.25, 0.3) is 11.0 Å². The third-order valence-corrected chi connectivity index (χ3v) is 5.87. The number of aromatic nitrogens is 4. The highest BCUT2D eigenvalue weighted by Gasteiger charge is 2.19. The molecule has 0 fully saturated rings. The molecule has 0 unspecified atom stereocenters. The second-order valence-electron chi connectivity index (χ2n) is 6.90. The Morgan fingerprint density at radius 3 is 3.00 bits per heavy atom. The van der Waals surface area contributed by atoms with Crippen LogP contribution < -0.4 is 10.1 Å². The molecule has 0 saturated carbocycles. The second kappa shape index (κ2) is 7.26. The number of carbonyl (C=O) groups excluding carboxylic acids is 1. The molecule has 2 N–H and O–H groups in total. The van der Waals surface area contributed by atoms with Gasteiger partial charge in [-0.25, -0.2) is 9.97 Å². The first-order chi connectivity index (χ1) is 14.2. The zero-order valence-corrected chi connectivity index (χ0v) is 16.5. The van der Waals surface area contributed by atoms with E-state index >= 15 is 0 Å². The minimum absolute atomic E-state index is 0.183. The van der Waals surface area contributed by atoms with Gasteiger partial charge < -0.3 is 9.64 Å². The molecule has 5 rings (SSSR count). The fourth-order valence-electron chi connectivity index (χ4n) is 3.27. The van der Waals surface area contributed by atoms with Crippen molar-refractivity contribution in [2.24, 2.45) is 0 Å². The van der Waals surface area contributed by atoms with Crippen LogP contribution in [0.1, 0.15) is 20.9 Å². The van der Waals surface area contributed by atoms with Crippen molar-refractivity contribution in [1.29, 1.82) is 0 Å². The lowest BCUT2D eigenvalue weighted by Crippen LogP contribution is -2.25. The zero-order chi connectivity index (χ0) is 19.8. The molecule has 0 aliphatic carbocycles. The Balaban J connectivity index is 1.29. The maximum Gasteiger partial charge on any atom is 0.257 e. The van der Waals surface area contributed by atoms with Gasteiger partial charge in [-0.15, -0.1) is 11.3 Å². The Morgan fingerprint density at radius 1 is 1.28 bits per heavy atom. The molecule has 0 atom stereocenters. The maximum atomic E-state index is 12.6. The summed E-state index contributed by atoms with van der Waals surface area (Å²) in [7, 11) is 2.08. The lowest BCUT2D eigenvalue weighted by atomic mass is 10.2. The van der Waals surface area contributed by atoms with Crippen molar-refractivity contribution in [2.75, 3.05) is 18.9 Å². The van der Waals surface area contributed by atoms with Crippen molar-refractivity contribution in [3.63, 3.8) is 0 Å². The summed E-state index contributed by atoms with van der Waals surface area (Å²) in [5, 5.41) is 11.1. The highest BCUT2D eigenvalue weighted by molar-refractivity contribution is 7.15. The van der Waals surface area contributed by atoms with Crippen LogP contribution in [-0.4, -0.2) is 44.6 Å². The van der Waals surface area contributed by atoms with Crippen LogP contribution in [0.3, 0.4) is 0 Å². The van der Waals surface area contributed by atoms with Crippen molar-refractivity contribution >= 4 is 33.4 Å². The fourth-order valence-corrected chi connectivity index (χ4v) is 4.22. The number of pyridine rings is 1. The number of likely N-dealkylation sites (N-methyl/N-ethyl adjacent to an activating group) is 1. The van der Waals surface area contributed by atoms with Crippen molar-refractivity contribution in [2.45, 2.75) is 13.0 Å². The van der Waals surface area contributed by atoms with Gasteiger partial charge in [0.25, 0.3) is 5.91 Å². The smallest absolute Gasteiger partial charge is 0.257 e. The Labute approximate surface area is 170 Å². The summed E-state index contributed by atoms with van der Waals surface area (Å²) in [6.45, 7) is 1.85. The number of anilines is 1. The first-order valence-electron chi connectivity index (χ1n) is 9.20. The zero-order valence-electron chi connectivity index (χ0n) is 15.7. The predicted octanol–water partition coefficient (Wildman–Crippen LogP) is 3.45. The van der Waals surface area contributed by atoms with Crippen LogP contribution in [0.15, 0.2) is 42.7 Å². The fraction of sp³-hybridized carbons (Fsp3) is 0.200. The van der Waals surface area contributed by atoms with Gasteiger partial charge >= 0.3 is 0 Å². The lowest BCUT2D eigenvalue weighted by molar-refractivity contribution is 0.102. The molecule has 3 aromatic heterocycles. The van der Waals surface area contributed by atoms with Crippen LogP contribution in [0.4, 0.5) is 5.13 Å². The minimum Gasteiger partial charge on any atom is -0.456 e. The number of hydrogen-bond acceptors (Lipinski definition) is 7. The molecule has 1 amide bonds. The van der Waals surface area contributed by atoms with E-state index in [2.05, 4.69) is 37.4 Å². The first kappa shape index (κ1) is 17.8. The molecule has 4 heterocycles. The number of ether oxygens (including phenoxy) is 1. The number of fused-ring (bicyclic) bond motifs is 2. The molecule has 0 saturated heterocycles. The Morgan fingerprint density at radius 2 is 2.14 bits per heavy atom. The minimum atomic E-state index is -0.183. The van der Waals surface area contributed by atoms with Gasteiger partial charge in [-0.2, -0.15) is 5.10 Å². The molecule has 0 bridgehead atoms. The monoisotopic (exact) mass is 406 g/mol. The summed E-state index contributed by atoms with van der Waals surface area (Å²) < 4.78 is 5.92. The van der Waals surface area contributed by atoms with E-state index in [9.17, 15) is 4.79 Å². The van der Waals surface area contributed by atoms with Gasteiger partial charge in [0.05, 0.1) is 17.3 Å². The summed E-state index contributed by atoms with van der Waals surface area (Å²) in [5.74, 6) is 1.10. The van der Waals surface area contributed by atoms with Crippen molar-refractivity contribution in [3.8, 4) is 11.5 Å². The van der Waals surface area contributed by atoms with Gasteiger partial charge in [0.2, 0.25) is 0 Å². The normalized spacial score (nSPS) is 14.0. The molecule has 1 aliphatic heterocycles. The highest BCUT2D eigenvalue weighted by atomic mass is 32.1. The van der Waals surface area contributed by atoms with E-state index in [0.717, 1.165) is 30.6 Å². The van der Waals surface area contributed by atoms with Crippen LogP contribution >= 0.6 is 11.3 Å². The van der Waals surface area contributed by atoms with Gasteiger partial charge in [-0.3, -0.25) is 15.2 Å². The van der Waals surface area contributed by atoms with Crippen molar-refractivity contribution in [1.82, 2.24) is 25.1 Å². The molecular formula is C20H18N6O2S. The van der Waals surface area contributed by atoms with Crippen LogP contribution in [0, 0.1) is 0 Å². The van der Waals surface area contributed by atoms with E-state index in [0.29, 0.717) is 27.8 Å². The Kier molecular flexibility index (Phi) is 4.45. The van der Waals surface area contributed by atoms with E-state index in [1.165, 1.54) is 4.88 Å². The molecule has 29 heavy (non-hydrogen) atoms. The molecule has 0 radical (unpaired) electrons. The van der Waals surface area contributed by atoms with E-state index in [4.69, 9.17) is 4.74 Å². The summed E-state index contributed by atoms with van der Waals surface area (Å²) in [6.07, 6.45) is 4.30. The third kappa shape index (κ3) is 3.57. The number of hydrogen-bond donors (Lipinski definition) is 2. The number of nitrogens with one attached hydrogen (secondary N) is 2. The van der Waals surface area contributed by atoms with Gasteiger partial charge in [-0.05, 0) is 43.8 Å². The summed E-state index contributed by atoms with van der Waals surface area (Å²) >= 11 is 1.56. The van der Waals surface area contributed by atoms with E-state index in [1.807, 2.05) is 0 Å². The maximum absolute atomic E-state index is 12.6. The average Bonchev–Trinajstić information content (AvgIpc) is 3.35. The third-order valence-electron chi connectivity index (χ3n) is 4.80. The van der Waals surface area contributed by atoms with Crippen LogP contribution in [0.2, 0.25) is 0 Å². The van der Waals surface area contributed by atoms with Crippen molar-refractivity contribution in [3.05, 3.63) is 58.9 Å². The topological polar surface area (TPSA) is 96.0 Å². The van der Waals surface area contributed by atoms with Crippen molar-refractivity contribution < 1.29 is 9.53 Å². The van der Waals surface area contributed by atoms with E-state index in [1.54, 1.807) is 54.1 Å².